The molecule has 2 aliphatic heterocycles. The predicted molar refractivity (Wildman–Crippen MR) is 127 cm³/mol. The minimum atomic E-state index is -0.443. The van der Waals surface area contributed by atoms with Crippen LogP contribution in [0.3, 0.4) is 0 Å². The molecule has 34 heavy (non-hydrogen) atoms. The summed E-state index contributed by atoms with van der Waals surface area (Å²) in [7, 11) is 1.46. The van der Waals surface area contributed by atoms with Crippen LogP contribution in [-0.4, -0.2) is 63.9 Å². The van der Waals surface area contributed by atoms with Gasteiger partial charge in [-0.15, -0.1) is 11.3 Å². The monoisotopic (exact) mass is 479 g/mol. The van der Waals surface area contributed by atoms with Gasteiger partial charge in [-0.05, 0) is 25.0 Å². The van der Waals surface area contributed by atoms with Crippen LogP contribution in [-0.2, 0) is 4.79 Å². The van der Waals surface area contributed by atoms with Gasteiger partial charge in [0.1, 0.15) is 9.71 Å². The van der Waals surface area contributed by atoms with E-state index in [1.54, 1.807) is 17.2 Å². The lowest BCUT2D eigenvalue weighted by molar-refractivity contribution is -0.127. The molecule has 0 bridgehead atoms. The number of hydrogen-bond acceptors (Lipinski definition) is 8. The molecule has 1 atom stereocenters. The van der Waals surface area contributed by atoms with Crippen LogP contribution in [0.5, 0.6) is 6.01 Å². The van der Waals surface area contributed by atoms with E-state index < -0.39 is 6.03 Å². The average Bonchev–Trinajstić information content (AvgIpc) is 3.23. The molecule has 0 aliphatic carbocycles. The summed E-state index contributed by atoms with van der Waals surface area (Å²) < 4.78 is 4.99. The van der Waals surface area contributed by atoms with Gasteiger partial charge >= 0.3 is 12.0 Å². The second kappa shape index (κ2) is 8.71. The minimum Gasteiger partial charge on any atom is -0.467 e. The van der Waals surface area contributed by atoms with Crippen LogP contribution in [0.2, 0.25) is 0 Å². The van der Waals surface area contributed by atoms with Crippen molar-refractivity contribution in [3.05, 3.63) is 42.2 Å². The van der Waals surface area contributed by atoms with E-state index in [9.17, 15) is 14.4 Å². The lowest BCUT2D eigenvalue weighted by Gasteiger charge is -2.32. The highest BCUT2D eigenvalue weighted by molar-refractivity contribution is 7.21. The Kier molecular flexibility index (Phi) is 5.57. The molecule has 12 heteroatoms. The Balaban J connectivity index is 1.46. The van der Waals surface area contributed by atoms with Crippen LogP contribution in [0.4, 0.5) is 21.9 Å². The van der Waals surface area contributed by atoms with Crippen LogP contribution in [0.25, 0.3) is 10.2 Å². The van der Waals surface area contributed by atoms with Crippen molar-refractivity contribution < 1.29 is 19.1 Å². The zero-order chi connectivity index (χ0) is 23.8. The molecule has 2 aliphatic rings. The third-order valence-electron chi connectivity index (χ3n) is 5.75. The third-order valence-corrected chi connectivity index (χ3v) is 6.85. The van der Waals surface area contributed by atoms with Gasteiger partial charge in [-0.2, -0.15) is 0 Å². The van der Waals surface area contributed by atoms with E-state index in [0.29, 0.717) is 45.2 Å². The van der Waals surface area contributed by atoms with Gasteiger partial charge in [0, 0.05) is 25.3 Å². The summed E-state index contributed by atoms with van der Waals surface area (Å²) in [5.41, 5.74) is 1.45. The molecule has 5 rings (SSSR count). The summed E-state index contributed by atoms with van der Waals surface area (Å²) in [6.45, 7) is 4.59. The molecule has 0 saturated carbocycles. The van der Waals surface area contributed by atoms with E-state index in [0.717, 1.165) is 12.8 Å². The smallest absolute Gasteiger partial charge is 0.331 e. The van der Waals surface area contributed by atoms with Gasteiger partial charge in [-0.1, -0.05) is 6.58 Å². The van der Waals surface area contributed by atoms with E-state index >= 15 is 0 Å². The molecule has 0 aromatic carbocycles. The van der Waals surface area contributed by atoms with Crippen molar-refractivity contribution in [3.63, 3.8) is 0 Å². The third kappa shape index (κ3) is 3.71. The average molecular weight is 480 g/mol. The molecule has 1 saturated heterocycles. The fourth-order valence-corrected chi connectivity index (χ4v) is 5.23. The van der Waals surface area contributed by atoms with Crippen molar-refractivity contribution in [1.29, 1.82) is 0 Å². The van der Waals surface area contributed by atoms with Crippen molar-refractivity contribution in [3.8, 4) is 6.01 Å². The molecular formula is C22H21N7O4S. The normalized spacial score (nSPS) is 17.3. The number of nitrogens with one attached hydrogen (secondary N) is 2. The van der Waals surface area contributed by atoms with Crippen molar-refractivity contribution >= 4 is 56.5 Å². The van der Waals surface area contributed by atoms with Gasteiger partial charge in [0.25, 0.3) is 5.91 Å². The maximum Gasteiger partial charge on any atom is 0.331 e. The van der Waals surface area contributed by atoms with E-state index in [1.165, 1.54) is 41.8 Å². The maximum atomic E-state index is 13.2. The summed E-state index contributed by atoms with van der Waals surface area (Å²) >= 11 is 1.20. The number of methoxy groups -OCH3 is 1. The van der Waals surface area contributed by atoms with Crippen LogP contribution in [0.1, 0.15) is 22.5 Å². The number of anilines is 3. The highest BCUT2D eigenvalue weighted by atomic mass is 32.1. The lowest BCUT2D eigenvalue weighted by Crippen LogP contribution is -2.49. The molecule has 0 spiro atoms. The van der Waals surface area contributed by atoms with Crippen molar-refractivity contribution in [1.82, 2.24) is 25.2 Å². The molecular weight excluding hydrogens is 458 g/mol. The van der Waals surface area contributed by atoms with Gasteiger partial charge in [-0.25, -0.2) is 19.7 Å². The molecule has 3 aromatic rings. The number of carbonyl (C=O) groups excluding carboxylic acids is 3. The van der Waals surface area contributed by atoms with Crippen LogP contribution < -0.4 is 20.3 Å². The van der Waals surface area contributed by atoms with Gasteiger partial charge in [-0.3, -0.25) is 14.5 Å². The largest absolute Gasteiger partial charge is 0.467 e. The minimum absolute atomic E-state index is 0.153. The number of likely N-dealkylation sites (tertiary alicyclic amines) is 1. The molecule has 0 unspecified atom stereocenters. The first-order chi connectivity index (χ1) is 16.5. The van der Waals surface area contributed by atoms with Crippen molar-refractivity contribution in [2.24, 2.45) is 0 Å². The zero-order valence-corrected chi connectivity index (χ0v) is 19.1. The summed E-state index contributed by atoms with van der Waals surface area (Å²) in [5.74, 6) is -0.469. The topological polar surface area (TPSA) is 130 Å². The summed E-state index contributed by atoms with van der Waals surface area (Å²) in [4.78, 5) is 54.9. The van der Waals surface area contributed by atoms with Gasteiger partial charge < -0.3 is 20.3 Å². The van der Waals surface area contributed by atoms with Crippen LogP contribution >= 0.6 is 11.3 Å². The van der Waals surface area contributed by atoms with E-state index in [4.69, 9.17) is 4.74 Å². The Morgan fingerprint density at radius 2 is 2.12 bits per heavy atom. The number of hydrogen-bond donors (Lipinski definition) is 2. The number of pyridine rings is 1. The second-order valence-electron chi connectivity index (χ2n) is 7.81. The highest BCUT2D eigenvalue weighted by Crippen LogP contribution is 2.45. The molecule has 2 N–H and O–H groups in total. The number of thiophene rings is 1. The number of piperidine rings is 1. The van der Waals surface area contributed by atoms with E-state index in [1.807, 2.05) is 0 Å². The Hall–Kier alpha value is -4.06. The number of amides is 4. The number of nitrogens with zero attached hydrogens (tertiary/aromatic N) is 5. The molecule has 0 radical (unpaired) electrons. The van der Waals surface area contributed by atoms with Crippen LogP contribution in [0, 0.1) is 0 Å². The predicted octanol–water partition coefficient (Wildman–Crippen LogP) is 2.69. The Bertz CT molecular complexity index is 1310. The molecule has 4 amide bonds. The Morgan fingerprint density at radius 3 is 2.85 bits per heavy atom. The summed E-state index contributed by atoms with van der Waals surface area (Å²) in [6.07, 6.45) is 7.39. The van der Waals surface area contributed by atoms with Gasteiger partial charge in [0.2, 0.25) is 5.91 Å². The van der Waals surface area contributed by atoms with Crippen LogP contribution in [0.15, 0.2) is 37.3 Å². The molecule has 3 aromatic heterocycles. The number of carbonyl (C=O) groups is 3. The Labute approximate surface area is 198 Å². The Morgan fingerprint density at radius 1 is 1.32 bits per heavy atom. The standard InChI is InChI=1S/C22H21N7O4S/c1-3-15(30)28-8-4-5-12(11-28)26-19(31)18-17-16-14(6-7-23-20(16)34-18)29(22(32)27-17)13-9-24-21(33-2)25-10-13/h3,6-7,9-10,12H,1,4-5,8,11H2,2H3,(H,26,31)(H,27,32)/t12-/m1/s1. The van der Waals surface area contributed by atoms with Gasteiger partial charge in [0.15, 0.2) is 0 Å². The maximum absolute atomic E-state index is 13.2. The number of ether oxygens (including phenoxy) is 1. The molecule has 174 valence electrons. The van der Waals surface area contributed by atoms with E-state index in [2.05, 4.69) is 32.2 Å². The molecule has 1 fully saturated rings. The first kappa shape index (κ1) is 21.8. The van der Waals surface area contributed by atoms with Gasteiger partial charge in [0.05, 0.1) is 42.0 Å². The van der Waals surface area contributed by atoms with Crippen molar-refractivity contribution in [2.45, 2.75) is 18.9 Å². The zero-order valence-electron chi connectivity index (χ0n) is 18.3. The quantitative estimate of drug-likeness (QED) is 0.538. The SMILES string of the molecule is C=CC(=O)N1CCC[C@@H](NC(=O)c2sc3nccc4c3c2NC(=O)N4c2cnc(OC)nc2)C1. The number of aromatic nitrogens is 3. The fourth-order valence-electron chi connectivity index (χ4n) is 4.21. The van der Waals surface area contributed by atoms with Crippen molar-refractivity contribution in [2.75, 3.05) is 30.4 Å². The van der Waals surface area contributed by atoms with E-state index in [-0.39, 0.29) is 23.9 Å². The fraction of sp³-hybridized carbons (Fsp3) is 0.273. The highest BCUT2D eigenvalue weighted by Gasteiger charge is 2.34. The molecule has 11 nitrogen and oxygen atoms in total. The lowest BCUT2D eigenvalue weighted by atomic mass is 10.1. The first-order valence-electron chi connectivity index (χ1n) is 10.6. The summed E-state index contributed by atoms with van der Waals surface area (Å²) in [6, 6.07) is 1.26. The molecule has 5 heterocycles. The first-order valence-corrected chi connectivity index (χ1v) is 11.4. The number of urea groups is 1. The number of rotatable bonds is 5. The second-order valence-corrected chi connectivity index (χ2v) is 8.81. The summed E-state index contributed by atoms with van der Waals surface area (Å²) in [5, 5.41) is 6.51.